The van der Waals surface area contributed by atoms with Crippen LogP contribution in [0.2, 0.25) is 6.04 Å². The van der Waals surface area contributed by atoms with Gasteiger partial charge in [-0.15, -0.1) is 0 Å². The molecule has 0 aliphatic heterocycles. The van der Waals surface area contributed by atoms with Crippen LogP contribution in [-0.4, -0.2) is 40.8 Å². The normalized spacial score (nSPS) is 11.2. The third-order valence-corrected chi connectivity index (χ3v) is 6.58. The van der Waals surface area contributed by atoms with Crippen LogP contribution in [0, 0.1) is 0 Å². The van der Waals surface area contributed by atoms with Gasteiger partial charge in [0.1, 0.15) is 0 Å². The second-order valence-electron chi connectivity index (χ2n) is 5.21. The number of unbranched alkanes of at least 4 members (excludes halogenated alkanes) is 7. The molecular weight excluding hydrogens is 296 g/mol. The standard InChI is InChI=1S/C16H36O3Si.CH4O/c1-5-9-10-11-12-13-14-15-16-20(17-6-2,18-7-3)19-8-4;1-2/h5-16H2,1-4H3;2H,1H3. The topological polar surface area (TPSA) is 47.9 Å². The van der Waals surface area contributed by atoms with Crippen molar-refractivity contribution in [3.05, 3.63) is 0 Å². The number of aliphatic hydroxyl groups excluding tert-OH is 1. The molecule has 22 heavy (non-hydrogen) atoms. The SMILES string of the molecule is CCCCCCCCCC[Si](OCC)(OCC)OCC.CO. The summed E-state index contributed by atoms with van der Waals surface area (Å²) in [7, 11) is -1.38. The molecule has 0 atom stereocenters. The first kappa shape index (κ1) is 24.3. The Labute approximate surface area is 139 Å². The van der Waals surface area contributed by atoms with Crippen LogP contribution in [0.3, 0.4) is 0 Å². The fraction of sp³-hybridized carbons (Fsp3) is 1.00. The van der Waals surface area contributed by atoms with E-state index in [4.69, 9.17) is 18.4 Å². The van der Waals surface area contributed by atoms with Crippen LogP contribution in [0.1, 0.15) is 79.1 Å². The lowest BCUT2D eigenvalue weighted by Gasteiger charge is -2.28. The van der Waals surface area contributed by atoms with Crippen molar-refractivity contribution >= 4 is 8.80 Å². The summed E-state index contributed by atoms with van der Waals surface area (Å²) >= 11 is 0. The molecule has 5 heteroatoms. The largest absolute Gasteiger partial charge is 0.500 e. The van der Waals surface area contributed by atoms with E-state index < -0.39 is 8.80 Å². The van der Waals surface area contributed by atoms with Crippen molar-refractivity contribution in [3.8, 4) is 0 Å². The minimum atomic E-state index is -2.38. The predicted molar refractivity (Wildman–Crippen MR) is 96.2 cm³/mol. The molecular formula is C17H40O4Si. The summed E-state index contributed by atoms with van der Waals surface area (Å²) in [6.45, 7) is 10.4. The maximum absolute atomic E-state index is 7.00. The molecule has 0 heterocycles. The van der Waals surface area contributed by atoms with E-state index in [0.717, 1.165) is 13.2 Å². The van der Waals surface area contributed by atoms with Crippen LogP contribution in [-0.2, 0) is 13.3 Å². The molecule has 1 N–H and O–H groups in total. The molecule has 0 aromatic heterocycles. The fourth-order valence-corrected chi connectivity index (χ4v) is 5.16. The molecule has 0 aliphatic carbocycles. The van der Waals surface area contributed by atoms with E-state index in [0.29, 0.717) is 19.8 Å². The minimum Gasteiger partial charge on any atom is -0.400 e. The van der Waals surface area contributed by atoms with Crippen LogP contribution in [0.5, 0.6) is 0 Å². The number of hydrogen-bond acceptors (Lipinski definition) is 4. The van der Waals surface area contributed by atoms with E-state index in [1.807, 2.05) is 20.8 Å². The van der Waals surface area contributed by atoms with Gasteiger partial charge in [0.05, 0.1) is 0 Å². The zero-order chi connectivity index (χ0) is 17.1. The Bertz CT molecular complexity index is 186. The Morgan fingerprint density at radius 1 is 0.591 bits per heavy atom. The third-order valence-electron chi connectivity index (χ3n) is 3.43. The van der Waals surface area contributed by atoms with Gasteiger partial charge in [0.2, 0.25) is 0 Å². The number of aliphatic hydroxyl groups is 1. The molecule has 136 valence electrons. The maximum Gasteiger partial charge on any atom is 0.500 e. The van der Waals surface area contributed by atoms with Crippen LogP contribution in [0.15, 0.2) is 0 Å². The van der Waals surface area contributed by atoms with Gasteiger partial charge in [-0.2, -0.15) is 0 Å². The first-order valence-electron chi connectivity index (χ1n) is 9.11. The van der Waals surface area contributed by atoms with Gasteiger partial charge in [-0.25, -0.2) is 0 Å². The lowest BCUT2D eigenvalue weighted by atomic mass is 10.1. The highest BCUT2D eigenvalue weighted by Gasteiger charge is 2.39. The van der Waals surface area contributed by atoms with E-state index >= 15 is 0 Å². The van der Waals surface area contributed by atoms with Gasteiger partial charge in [0.25, 0.3) is 0 Å². The Morgan fingerprint density at radius 2 is 0.955 bits per heavy atom. The van der Waals surface area contributed by atoms with Gasteiger partial charge < -0.3 is 18.4 Å². The Kier molecular flexibility index (Phi) is 21.1. The molecule has 0 spiro atoms. The average molecular weight is 337 g/mol. The van der Waals surface area contributed by atoms with Crippen LogP contribution >= 0.6 is 0 Å². The highest BCUT2D eigenvalue weighted by atomic mass is 28.4. The number of rotatable bonds is 15. The summed E-state index contributed by atoms with van der Waals surface area (Å²) < 4.78 is 17.6. The van der Waals surface area contributed by atoms with Crippen molar-refractivity contribution in [2.45, 2.75) is 85.1 Å². The molecule has 0 saturated carbocycles. The Hall–Kier alpha value is 0.0569. The molecule has 0 aromatic carbocycles. The first-order chi connectivity index (χ1) is 10.7. The Morgan fingerprint density at radius 3 is 1.32 bits per heavy atom. The van der Waals surface area contributed by atoms with Crippen molar-refractivity contribution in [2.75, 3.05) is 26.9 Å². The monoisotopic (exact) mass is 336 g/mol. The Balaban J connectivity index is 0. The summed E-state index contributed by atoms with van der Waals surface area (Å²) in [4.78, 5) is 0. The summed E-state index contributed by atoms with van der Waals surface area (Å²) in [6, 6.07) is 0.970. The first-order valence-corrected chi connectivity index (χ1v) is 11.0. The molecule has 0 aliphatic rings. The van der Waals surface area contributed by atoms with Crippen molar-refractivity contribution in [1.29, 1.82) is 0 Å². The van der Waals surface area contributed by atoms with E-state index in [-0.39, 0.29) is 0 Å². The van der Waals surface area contributed by atoms with E-state index in [1.54, 1.807) is 0 Å². The highest BCUT2D eigenvalue weighted by molar-refractivity contribution is 6.60. The van der Waals surface area contributed by atoms with Crippen LogP contribution in [0.25, 0.3) is 0 Å². The van der Waals surface area contributed by atoms with Crippen LogP contribution in [0.4, 0.5) is 0 Å². The van der Waals surface area contributed by atoms with Gasteiger partial charge in [0.15, 0.2) is 0 Å². The van der Waals surface area contributed by atoms with E-state index in [1.165, 1.54) is 51.4 Å². The molecule has 4 nitrogen and oxygen atoms in total. The van der Waals surface area contributed by atoms with Gasteiger partial charge in [0, 0.05) is 33.0 Å². The van der Waals surface area contributed by atoms with Crippen molar-refractivity contribution in [2.24, 2.45) is 0 Å². The molecule has 0 saturated heterocycles. The molecule has 0 radical (unpaired) electrons. The smallest absolute Gasteiger partial charge is 0.400 e. The average Bonchev–Trinajstić information content (AvgIpc) is 2.53. The summed E-state index contributed by atoms with van der Waals surface area (Å²) in [5, 5.41) is 7.00. The minimum absolute atomic E-state index is 0.684. The lowest BCUT2D eigenvalue weighted by molar-refractivity contribution is 0.0706. The van der Waals surface area contributed by atoms with Crippen molar-refractivity contribution < 1.29 is 18.4 Å². The summed E-state index contributed by atoms with van der Waals surface area (Å²) in [5.74, 6) is 0. The maximum atomic E-state index is 7.00. The quantitative estimate of drug-likeness (QED) is 0.345. The molecule has 0 rings (SSSR count). The van der Waals surface area contributed by atoms with Crippen LogP contribution < -0.4 is 0 Å². The number of hydrogen-bond donors (Lipinski definition) is 1. The zero-order valence-electron chi connectivity index (χ0n) is 15.7. The molecule has 0 aromatic rings. The second kappa shape index (κ2) is 19.1. The van der Waals surface area contributed by atoms with E-state index in [9.17, 15) is 0 Å². The summed E-state index contributed by atoms with van der Waals surface area (Å²) in [6.07, 6.45) is 10.6. The van der Waals surface area contributed by atoms with Gasteiger partial charge in [-0.05, 0) is 27.2 Å². The van der Waals surface area contributed by atoms with Crippen molar-refractivity contribution in [3.63, 3.8) is 0 Å². The molecule has 0 fully saturated rings. The predicted octanol–water partition coefficient (Wildman–Crippen LogP) is 4.78. The summed E-state index contributed by atoms with van der Waals surface area (Å²) in [5.41, 5.74) is 0. The second-order valence-corrected chi connectivity index (χ2v) is 7.94. The third kappa shape index (κ3) is 13.7. The molecule has 0 bridgehead atoms. The molecule has 0 unspecified atom stereocenters. The fourth-order valence-electron chi connectivity index (χ4n) is 2.48. The highest BCUT2D eigenvalue weighted by Crippen LogP contribution is 2.20. The lowest BCUT2D eigenvalue weighted by Crippen LogP contribution is -2.45. The molecule has 0 amide bonds. The zero-order valence-corrected chi connectivity index (χ0v) is 16.7. The van der Waals surface area contributed by atoms with Gasteiger partial charge in [-0.3, -0.25) is 0 Å². The van der Waals surface area contributed by atoms with E-state index in [2.05, 4.69) is 6.92 Å². The van der Waals surface area contributed by atoms with Crippen molar-refractivity contribution in [1.82, 2.24) is 0 Å². The van der Waals surface area contributed by atoms with Gasteiger partial charge in [-0.1, -0.05) is 51.9 Å². The van der Waals surface area contributed by atoms with Gasteiger partial charge >= 0.3 is 8.80 Å².